The van der Waals surface area contributed by atoms with Gasteiger partial charge in [0, 0.05) is 24.6 Å². The number of carbonyl (C=O) groups is 2. The van der Waals surface area contributed by atoms with E-state index in [9.17, 15) is 22.8 Å². The minimum absolute atomic E-state index is 0.0197. The highest BCUT2D eigenvalue weighted by Crippen LogP contribution is 2.30. The number of carbonyl (C=O) groups excluding carboxylic acids is 2. The molecule has 0 aliphatic carbocycles. The van der Waals surface area contributed by atoms with Crippen LogP contribution < -0.4 is 0 Å². The number of aromatic nitrogens is 4. The molecule has 0 saturated carbocycles. The maximum atomic E-state index is 12.6. The van der Waals surface area contributed by atoms with E-state index >= 15 is 0 Å². The molecule has 2 heterocycles. The Labute approximate surface area is 146 Å². The quantitative estimate of drug-likeness (QED) is 0.770. The zero-order chi connectivity index (χ0) is 18.7. The zero-order valence-electron chi connectivity index (χ0n) is 13.7. The number of rotatable bonds is 4. The number of likely N-dealkylation sites (tertiary alicyclic amines) is 1. The molecule has 138 valence electrons. The van der Waals surface area contributed by atoms with E-state index in [4.69, 9.17) is 0 Å². The van der Waals surface area contributed by atoms with Gasteiger partial charge in [-0.2, -0.15) is 13.2 Å². The molecule has 0 radical (unpaired) electrons. The second kappa shape index (κ2) is 7.22. The van der Waals surface area contributed by atoms with E-state index in [1.54, 1.807) is 4.90 Å². The maximum Gasteiger partial charge on any atom is 0.416 e. The summed E-state index contributed by atoms with van der Waals surface area (Å²) in [4.78, 5) is 26.5. The van der Waals surface area contributed by atoms with Gasteiger partial charge in [-0.15, -0.1) is 5.10 Å². The Morgan fingerprint density at radius 3 is 2.54 bits per heavy atom. The van der Waals surface area contributed by atoms with Gasteiger partial charge in [-0.05, 0) is 35.4 Å². The molecule has 1 aliphatic heterocycles. The fourth-order valence-corrected chi connectivity index (χ4v) is 2.97. The summed E-state index contributed by atoms with van der Waals surface area (Å²) in [7, 11) is 0. The summed E-state index contributed by atoms with van der Waals surface area (Å²) in [5.41, 5.74) is -0.575. The van der Waals surface area contributed by atoms with Crippen LogP contribution in [0, 0.1) is 5.92 Å². The lowest BCUT2D eigenvalue weighted by atomic mass is 9.89. The molecule has 7 nitrogen and oxygen atoms in total. The number of halogens is 3. The summed E-state index contributed by atoms with van der Waals surface area (Å²) < 4.78 is 39.2. The molecule has 2 aromatic rings. The predicted molar refractivity (Wildman–Crippen MR) is 82.9 cm³/mol. The average molecular weight is 367 g/mol. The van der Waals surface area contributed by atoms with Gasteiger partial charge in [-0.1, -0.05) is 12.1 Å². The first kappa shape index (κ1) is 18.0. The van der Waals surface area contributed by atoms with E-state index < -0.39 is 17.7 Å². The van der Waals surface area contributed by atoms with Crippen LogP contribution in [-0.2, 0) is 17.5 Å². The van der Waals surface area contributed by atoms with Gasteiger partial charge in [0.2, 0.25) is 5.91 Å². The third kappa shape index (κ3) is 4.06. The van der Waals surface area contributed by atoms with Crippen LogP contribution >= 0.6 is 0 Å². The summed E-state index contributed by atoms with van der Waals surface area (Å²) in [6.45, 7) is 0.743. The van der Waals surface area contributed by atoms with Crippen molar-refractivity contribution >= 4 is 11.7 Å². The van der Waals surface area contributed by atoms with Gasteiger partial charge in [0.1, 0.15) is 12.9 Å². The van der Waals surface area contributed by atoms with Crippen LogP contribution in [0.3, 0.4) is 0 Å². The van der Waals surface area contributed by atoms with E-state index in [0.717, 1.165) is 12.1 Å². The van der Waals surface area contributed by atoms with Gasteiger partial charge in [0.15, 0.2) is 5.78 Å². The second-order valence-corrected chi connectivity index (χ2v) is 6.13. The van der Waals surface area contributed by atoms with Crippen LogP contribution in [0.4, 0.5) is 13.2 Å². The lowest BCUT2D eigenvalue weighted by Crippen LogP contribution is -2.43. The number of nitrogens with zero attached hydrogens (tertiary/aromatic N) is 5. The fraction of sp³-hybridized carbons (Fsp3) is 0.438. The molecule has 1 fully saturated rings. The molecular formula is C16H16F3N5O2. The van der Waals surface area contributed by atoms with Gasteiger partial charge in [-0.3, -0.25) is 9.59 Å². The highest BCUT2D eigenvalue weighted by Gasteiger charge is 2.32. The van der Waals surface area contributed by atoms with Gasteiger partial charge in [0.05, 0.1) is 5.56 Å². The number of benzene rings is 1. The number of alkyl halides is 3. The normalized spacial score (nSPS) is 18.0. The molecule has 1 aromatic heterocycles. The third-order valence-corrected chi connectivity index (χ3v) is 4.33. The molecule has 0 N–H and O–H groups in total. The lowest BCUT2D eigenvalue weighted by Gasteiger charge is -2.32. The first-order valence-electron chi connectivity index (χ1n) is 8.04. The van der Waals surface area contributed by atoms with Gasteiger partial charge in [-0.25, -0.2) is 4.68 Å². The smallest absolute Gasteiger partial charge is 0.340 e. The Morgan fingerprint density at radius 1 is 1.19 bits per heavy atom. The summed E-state index contributed by atoms with van der Waals surface area (Å²) in [6, 6.07) is 4.17. The van der Waals surface area contributed by atoms with Crippen molar-refractivity contribution < 1.29 is 22.8 Å². The van der Waals surface area contributed by atoms with Crippen molar-refractivity contribution in [3.8, 4) is 0 Å². The van der Waals surface area contributed by atoms with E-state index in [1.807, 2.05) is 0 Å². The number of ketones is 1. The predicted octanol–water partition coefficient (Wildman–Crippen LogP) is 1.81. The first-order chi connectivity index (χ1) is 12.3. The van der Waals surface area contributed by atoms with Crippen LogP contribution in [0.15, 0.2) is 30.6 Å². The molecule has 0 unspecified atom stereocenters. The van der Waals surface area contributed by atoms with Crippen molar-refractivity contribution in [2.24, 2.45) is 5.92 Å². The largest absolute Gasteiger partial charge is 0.416 e. The number of tetrazole rings is 1. The van der Waals surface area contributed by atoms with Crippen LogP contribution in [-0.4, -0.2) is 49.9 Å². The van der Waals surface area contributed by atoms with Gasteiger partial charge < -0.3 is 4.90 Å². The molecule has 3 rings (SSSR count). The topological polar surface area (TPSA) is 81.0 Å². The van der Waals surface area contributed by atoms with Crippen molar-refractivity contribution in [1.82, 2.24) is 25.1 Å². The average Bonchev–Trinajstić information content (AvgIpc) is 3.13. The van der Waals surface area contributed by atoms with Crippen LogP contribution in [0.5, 0.6) is 0 Å². The monoisotopic (exact) mass is 367 g/mol. The standard InChI is InChI=1S/C16H16F3N5O2/c17-16(18,19)13-5-3-11(4-6-13)15(26)12-2-1-7-23(8-12)14(25)9-24-10-20-21-22-24/h3-6,10,12H,1-2,7-9H2/t12-/m1/s1. The number of piperidine rings is 1. The Hall–Kier alpha value is -2.78. The lowest BCUT2D eigenvalue weighted by molar-refractivity contribution is -0.137. The summed E-state index contributed by atoms with van der Waals surface area (Å²) in [5, 5.41) is 10.5. The molecule has 0 bridgehead atoms. The van der Waals surface area contributed by atoms with Crippen molar-refractivity contribution in [1.29, 1.82) is 0 Å². The summed E-state index contributed by atoms with van der Waals surface area (Å²) in [5.74, 6) is -0.890. The number of hydrogen-bond acceptors (Lipinski definition) is 5. The molecule has 0 spiro atoms. The van der Waals surface area contributed by atoms with Crippen LogP contribution in [0.2, 0.25) is 0 Å². The summed E-state index contributed by atoms with van der Waals surface area (Å²) >= 11 is 0. The minimum atomic E-state index is -4.44. The van der Waals surface area contributed by atoms with Crippen molar-refractivity contribution in [2.45, 2.75) is 25.6 Å². The van der Waals surface area contributed by atoms with E-state index in [-0.39, 0.29) is 30.3 Å². The first-order valence-corrected chi connectivity index (χ1v) is 8.04. The molecule has 10 heteroatoms. The van der Waals surface area contributed by atoms with E-state index in [0.29, 0.717) is 19.4 Å². The molecule has 1 amide bonds. The van der Waals surface area contributed by atoms with Gasteiger partial charge >= 0.3 is 6.18 Å². The van der Waals surface area contributed by atoms with Crippen LogP contribution in [0.25, 0.3) is 0 Å². The van der Waals surface area contributed by atoms with Gasteiger partial charge in [0.25, 0.3) is 0 Å². The van der Waals surface area contributed by atoms with Crippen molar-refractivity contribution in [2.75, 3.05) is 13.1 Å². The van der Waals surface area contributed by atoms with Crippen LogP contribution in [0.1, 0.15) is 28.8 Å². The van der Waals surface area contributed by atoms with E-state index in [1.165, 1.54) is 23.1 Å². The molecular weight excluding hydrogens is 351 g/mol. The molecule has 1 aromatic carbocycles. The number of Topliss-reactive ketones (excluding diaryl/α,β-unsaturated/α-hetero) is 1. The maximum absolute atomic E-state index is 12.6. The highest BCUT2D eigenvalue weighted by molar-refractivity contribution is 5.98. The zero-order valence-corrected chi connectivity index (χ0v) is 13.7. The Kier molecular flexibility index (Phi) is 5.01. The Balaban J connectivity index is 1.65. The third-order valence-electron chi connectivity index (χ3n) is 4.33. The summed E-state index contributed by atoms with van der Waals surface area (Å²) in [6.07, 6.45) is -1.87. The van der Waals surface area contributed by atoms with Crippen molar-refractivity contribution in [3.05, 3.63) is 41.7 Å². The number of amides is 1. The second-order valence-electron chi connectivity index (χ2n) is 6.13. The molecule has 1 atom stereocenters. The molecule has 26 heavy (non-hydrogen) atoms. The van der Waals surface area contributed by atoms with E-state index in [2.05, 4.69) is 15.5 Å². The SMILES string of the molecule is O=C(c1ccc(C(F)(F)F)cc1)[C@@H]1CCCN(C(=O)Cn2cnnn2)C1. The minimum Gasteiger partial charge on any atom is -0.340 e. The van der Waals surface area contributed by atoms with Crippen molar-refractivity contribution in [3.63, 3.8) is 0 Å². The highest BCUT2D eigenvalue weighted by atomic mass is 19.4. The molecule has 1 saturated heterocycles. The Bertz CT molecular complexity index is 774. The fourth-order valence-electron chi connectivity index (χ4n) is 2.97. The molecule has 1 aliphatic rings. The number of hydrogen-bond donors (Lipinski definition) is 0. The Morgan fingerprint density at radius 2 is 1.92 bits per heavy atom.